The zero-order chi connectivity index (χ0) is 19.7. The van der Waals surface area contributed by atoms with Crippen LogP contribution in [-0.2, 0) is 9.84 Å². The summed E-state index contributed by atoms with van der Waals surface area (Å²) in [5.41, 5.74) is -0.131. The Morgan fingerprint density at radius 3 is 2.29 bits per heavy atom. The average molecular weight is 397 g/mol. The molecule has 0 aliphatic heterocycles. The molecule has 4 rings (SSSR count). The smallest absolute Gasteiger partial charge is 0.239 e. The summed E-state index contributed by atoms with van der Waals surface area (Å²) < 4.78 is 59.3. The van der Waals surface area contributed by atoms with Crippen LogP contribution in [0.25, 0.3) is 11.0 Å². The molecule has 140 valence electrons. The first kappa shape index (κ1) is 18.1. The number of hydrogen-bond acceptors (Lipinski definition) is 4. The Hall–Kier alpha value is -3.32. The molecule has 0 saturated carbocycles. The molecule has 0 aliphatic rings. The number of para-hydroxylation sites is 1. The minimum atomic E-state index is -3.99. The highest BCUT2D eigenvalue weighted by atomic mass is 32.2. The van der Waals surface area contributed by atoms with Crippen LogP contribution in [0.5, 0.6) is 0 Å². The fourth-order valence-electron chi connectivity index (χ4n) is 2.73. The van der Waals surface area contributed by atoms with E-state index in [-0.39, 0.29) is 21.0 Å². The topological polar surface area (TPSA) is 59.6 Å². The third-order valence-electron chi connectivity index (χ3n) is 4.10. The van der Waals surface area contributed by atoms with E-state index in [1.165, 1.54) is 18.2 Å². The van der Waals surface area contributed by atoms with E-state index >= 15 is 0 Å². The molecule has 1 heterocycles. The van der Waals surface area contributed by atoms with Gasteiger partial charge in [-0.1, -0.05) is 36.4 Å². The van der Waals surface area contributed by atoms with Crippen molar-refractivity contribution in [3.63, 3.8) is 0 Å². The van der Waals surface area contributed by atoms with Gasteiger partial charge in [0.05, 0.1) is 4.90 Å². The monoisotopic (exact) mass is 397 g/mol. The maximum absolute atomic E-state index is 14.1. The van der Waals surface area contributed by atoms with Gasteiger partial charge in [0.25, 0.3) is 0 Å². The summed E-state index contributed by atoms with van der Waals surface area (Å²) in [6, 6.07) is 18.9. The van der Waals surface area contributed by atoms with Gasteiger partial charge in [0.15, 0.2) is 5.82 Å². The summed E-state index contributed by atoms with van der Waals surface area (Å²) in [6.07, 6.45) is 0. The summed E-state index contributed by atoms with van der Waals surface area (Å²) in [4.78, 5) is 3.88. The van der Waals surface area contributed by atoms with Gasteiger partial charge in [-0.05, 0) is 36.4 Å². The van der Waals surface area contributed by atoms with Crippen LogP contribution < -0.4 is 5.55 Å². The third-order valence-corrected chi connectivity index (χ3v) is 5.86. The van der Waals surface area contributed by atoms with Crippen LogP contribution in [0.2, 0.25) is 0 Å². The van der Waals surface area contributed by atoms with E-state index in [9.17, 15) is 17.2 Å². The zero-order valence-corrected chi connectivity index (χ0v) is 15.2. The minimum absolute atomic E-state index is 0.0523. The number of halogens is 2. The predicted octanol–water partition coefficient (Wildman–Crippen LogP) is 4.78. The number of hydrogen-bond donors (Lipinski definition) is 0. The van der Waals surface area contributed by atoms with Crippen molar-refractivity contribution in [3.05, 3.63) is 96.1 Å². The summed E-state index contributed by atoms with van der Waals surface area (Å²) >= 11 is 0. The molecule has 4 aromatic rings. The van der Waals surface area contributed by atoms with Gasteiger partial charge >= 0.3 is 0 Å². The zero-order valence-electron chi connectivity index (χ0n) is 14.3. The van der Waals surface area contributed by atoms with Crippen LogP contribution in [0, 0.1) is 11.6 Å². The van der Waals surface area contributed by atoms with E-state index in [1.54, 1.807) is 42.5 Å². The largest absolute Gasteiger partial charge is 0.437 e. The average Bonchev–Trinajstić information content (AvgIpc) is 2.70. The summed E-state index contributed by atoms with van der Waals surface area (Å²) in [5.74, 6) is -1.68. The van der Waals surface area contributed by atoms with Crippen molar-refractivity contribution in [1.82, 2.24) is 0 Å². The Kier molecular flexibility index (Phi) is 4.52. The molecule has 0 amide bonds. The lowest BCUT2D eigenvalue weighted by Gasteiger charge is -2.07. The van der Waals surface area contributed by atoms with Gasteiger partial charge in [0, 0.05) is 11.5 Å². The first-order valence-corrected chi connectivity index (χ1v) is 9.76. The predicted molar refractivity (Wildman–Crippen MR) is 99.7 cm³/mol. The van der Waals surface area contributed by atoms with E-state index < -0.39 is 21.5 Å². The van der Waals surface area contributed by atoms with Crippen molar-refractivity contribution in [3.8, 4) is 0 Å². The molecule has 7 heteroatoms. The Labute approximate surface area is 159 Å². The fourth-order valence-corrected chi connectivity index (χ4v) is 4.10. The van der Waals surface area contributed by atoms with Crippen molar-refractivity contribution < 1.29 is 21.6 Å². The maximum Gasteiger partial charge on any atom is 0.239 e. The van der Waals surface area contributed by atoms with E-state index in [4.69, 9.17) is 4.42 Å². The number of rotatable bonds is 3. The number of sulfone groups is 1. The molecule has 0 unspecified atom stereocenters. The maximum atomic E-state index is 14.1. The van der Waals surface area contributed by atoms with Crippen molar-refractivity contribution in [1.29, 1.82) is 0 Å². The standard InChI is InChI=1S/C21H13F2NO3S/c22-15-10-11-18(17(23)13-15)24-21-20(12-14-6-4-5-9-19(14)27-21)28(25,26)16-7-2-1-3-8-16/h1-13H. The van der Waals surface area contributed by atoms with Gasteiger partial charge in [0.1, 0.15) is 22.0 Å². The molecule has 0 atom stereocenters. The Balaban J connectivity index is 2.05. The first-order chi connectivity index (χ1) is 13.4. The molecule has 0 N–H and O–H groups in total. The highest BCUT2D eigenvalue weighted by Crippen LogP contribution is 2.23. The first-order valence-electron chi connectivity index (χ1n) is 8.28. The lowest BCUT2D eigenvalue weighted by Crippen LogP contribution is -2.15. The number of fused-ring (bicyclic) bond motifs is 1. The second-order valence-electron chi connectivity index (χ2n) is 5.98. The van der Waals surface area contributed by atoms with Crippen LogP contribution in [0.15, 0.2) is 98.1 Å². The van der Waals surface area contributed by atoms with E-state index in [2.05, 4.69) is 4.99 Å². The van der Waals surface area contributed by atoms with Gasteiger partial charge in [-0.2, -0.15) is 0 Å². The molecule has 0 saturated heterocycles. The fraction of sp³-hybridized carbons (Fsp3) is 0. The highest BCUT2D eigenvalue weighted by Gasteiger charge is 2.22. The van der Waals surface area contributed by atoms with Crippen LogP contribution in [-0.4, -0.2) is 8.42 Å². The molecule has 28 heavy (non-hydrogen) atoms. The second-order valence-corrected chi connectivity index (χ2v) is 7.90. The van der Waals surface area contributed by atoms with Crippen molar-refractivity contribution >= 4 is 26.5 Å². The van der Waals surface area contributed by atoms with Gasteiger partial charge in [0.2, 0.25) is 15.4 Å². The van der Waals surface area contributed by atoms with Gasteiger partial charge in [-0.3, -0.25) is 0 Å². The summed E-state index contributed by atoms with van der Waals surface area (Å²) in [6.45, 7) is 0. The van der Waals surface area contributed by atoms with Crippen LogP contribution in [0.4, 0.5) is 14.5 Å². The molecule has 0 spiro atoms. The quantitative estimate of drug-likeness (QED) is 0.500. The highest BCUT2D eigenvalue weighted by molar-refractivity contribution is 7.91. The van der Waals surface area contributed by atoms with E-state index in [0.717, 1.165) is 12.1 Å². The molecule has 0 bridgehead atoms. The van der Waals surface area contributed by atoms with E-state index in [1.807, 2.05) is 0 Å². The molecule has 4 nitrogen and oxygen atoms in total. The van der Waals surface area contributed by atoms with Crippen molar-refractivity contribution in [2.24, 2.45) is 4.99 Å². The van der Waals surface area contributed by atoms with Gasteiger partial charge < -0.3 is 4.42 Å². The summed E-state index contributed by atoms with van der Waals surface area (Å²) in [5, 5.41) is 0.551. The Morgan fingerprint density at radius 1 is 0.821 bits per heavy atom. The van der Waals surface area contributed by atoms with Gasteiger partial charge in [-0.25, -0.2) is 22.2 Å². The third kappa shape index (κ3) is 3.32. The normalized spacial score (nSPS) is 12.4. The Bertz CT molecular complexity index is 1350. The molecule has 0 fully saturated rings. The SMILES string of the molecule is O=S(=O)(c1ccccc1)c1cc2ccccc2oc1=Nc1ccc(F)cc1F. The lowest BCUT2D eigenvalue weighted by molar-refractivity contribution is 0.514. The molecule has 0 radical (unpaired) electrons. The number of benzene rings is 3. The lowest BCUT2D eigenvalue weighted by atomic mass is 10.2. The molecule has 3 aromatic carbocycles. The van der Waals surface area contributed by atoms with Crippen LogP contribution in [0.1, 0.15) is 0 Å². The van der Waals surface area contributed by atoms with Gasteiger partial charge in [-0.15, -0.1) is 0 Å². The number of nitrogens with zero attached hydrogens (tertiary/aromatic N) is 1. The van der Waals surface area contributed by atoms with Crippen molar-refractivity contribution in [2.45, 2.75) is 9.79 Å². The minimum Gasteiger partial charge on any atom is -0.437 e. The molecule has 0 aliphatic carbocycles. The molecular weight excluding hydrogens is 384 g/mol. The second kappa shape index (κ2) is 7.01. The van der Waals surface area contributed by atoms with Crippen LogP contribution in [0.3, 0.4) is 0 Å². The molecular formula is C21H13F2NO3S. The van der Waals surface area contributed by atoms with Crippen LogP contribution >= 0.6 is 0 Å². The van der Waals surface area contributed by atoms with E-state index in [0.29, 0.717) is 17.0 Å². The Morgan fingerprint density at radius 2 is 1.54 bits per heavy atom. The summed E-state index contributed by atoms with van der Waals surface area (Å²) in [7, 11) is -3.99. The molecule has 1 aromatic heterocycles. The van der Waals surface area contributed by atoms with Crippen molar-refractivity contribution in [2.75, 3.05) is 0 Å².